The molecule has 2 aromatic heterocycles. The molecule has 58 heavy (non-hydrogen) atoms. The second-order valence-electron chi connectivity index (χ2n) is 15.3. The first kappa shape index (κ1) is 47.8. The molecule has 0 spiro atoms. The molecule has 0 unspecified atom stereocenters. The van der Waals surface area contributed by atoms with Gasteiger partial charge in [0.25, 0.3) is 11.1 Å². The minimum absolute atomic E-state index is 0. The molecule has 0 aliphatic rings. The minimum Gasteiger partial charge on any atom is -0.352 e. The lowest BCUT2D eigenvalue weighted by atomic mass is 9.87. The summed E-state index contributed by atoms with van der Waals surface area (Å²) in [5, 5.41) is 2.52. The molecule has 2 heterocycles. The Morgan fingerprint density at radius 2 is 1.02 bits per heavy atom. The molecule has 4 aromatic carbocycles. The van der Waals surface area contributed by atoms with Crippen LogP contribution in [0.2, 0.25) is 0 Å². The molecular weight excluding hydrogens is 800 g/mol. The Hall–Kier alpha value is -4.61. The lowest BCUT2D eigenvalue weighted by Gasteiger charge is -2.19. The first-order chi connectivity index (χ1) is 26.8. The van der Waals surface area contributed by atoms with Crippen LogP contribution in [0.5, 0.6) is 0 Å². The third-order valence-corrected chi connectivity index (χ3v) is 11.3. The number of nitrogens with one attached hydrogen (secondary N) is 1. The molecule has 6 aromatic rings. The van der Waals surface area contributed by atoms with Crippen LogP contribution in [0.1, 0.15) is 90.6 Å². The third kappa shape index (κ3) is 14.0. The van der Waals surface area contributed by atoms with Crippen LogP contribution in [0.3, 0.4) is 0 Å². The topological polar surface area (TPSA) is 72.2 Å². The quantitative estimate of drug-likeness (QED) is 0.112. The van der Waals surface area contributed by atoms with Crippen molar-refractivity contribution < 1.29 is 27.2 Å². The van der Waals surface area contributed by atoms with Gasteiger partial charge in [0.2, 0.25) is 0 Å². The van der Waals surface area contributed by atoms with Crippen LogP contribution >= 0.6 is 34.3 Å². The molecule has 0 atom stereocenters. The van der Waals surface area contributed by atoms with Gasteiger partial charge >= 0.3 is 0 Å². The predicted octanol–water partition coefficient (Wildman–Crippen LogP) is 13.2. The number of carbonyl (C=O) groups excluding carboxylic acids is 2. The number of hydrogen-bond acceptors (Lipinski definition) is 5. The normalized spacial score (nSPS) is 11.0. The van der Waals surface area contributed by atoms with E-state index < -0.39 is 28.5 Å². The van der Waals surface area contributed by atoms with Gasteiger partial charge < -0.3 is 11.1 Å². The number of carbonyl (C=O) groups is 2. The summed E-state index contributed by atoms with van der Waals surface area (Å²) in [6.45, 7) is 13.9. The maximum Gasteiger partial charge on any atom is 0.252 e. The van der Waals surface area contributed by atoms with Gasteiger partial charge in [-0.15, -0.1) is 22.7 Å². The third-order valence-electron chi connectivity index (χ3n) is 8.76. The summed E-state index contributed by atoms with van der Waals surface area (Å²) in [6, 6.07) is 29.8. The summed E-state index contributed by atoms with van der Waals surface area (Å²) < 4.78 is 53.2. The smallest absolute Gasteiger partial charge is 0.252 e. The van der Waals surface area contributed by atoms with Crippen LogP contribution in [0.4, 0.5) is 17.6 Å². The summed E-state index contributed by atoms with van der Waals surface area (Å²) in [5.41, 5.74) is 10.0. The molecule has 3 N–H and O–H groups in total. The number of halogens is 5. The maximum absolute atomic E-state index is 13.9. The van der Waals surface area contributed by atoms with E-state index >= 15 is 0 Å². The number of thiophene rings is 2. The van der Waals surface area contributed by atoms with Crippen LogP contribution in [0.15, 0.2) is 109 Å². The van der Waals surface area contributed by atoms with Gasteiger partial charge in [-0.25, -0.2) is 17.6 Å². The molecule has 0 saturated heterocycles. The second-order valence-corrected chi connectivity index (χ2v) is 17.9. The molecule has 0 saturated carbocycles. The fourth-order valence-electron chi connectivity index (χ4n) is 5.46. The van der Waals surface area contributed by atoms with E-state index in [-0.39, 0.29) is 24.2 Å². The fourth-order valence-corrected chi connectivity index (χ4v) is 7.67. The van der Waals surface area contributed by atoms with Crippen molar-refractivity contribution >= 4 is 45.4 Å². The highest BCUT2D eigenvalue weighted by Gasteiger charge is 2.16. The molecule has 11 heteroatoms. The molecule has 1 amide bonds. The number of amides is 1. The molecule has 308 valence electrons. The van der Waals surface area contributed by atoms with Crippen molar-refractivity contribution in [2.24, 2.45) is 5.73 Å². The van der Waals surface area contributed by atoms with Crippen LogP contribution < -0.4 is 11.1 Å². The van der Waals surface area contributed by atoms with Gasteiger partial charge in [0.15, 0.2) is 0 Å². The number of benzene rings is 4. The number of nitrogens with two attached hydrogens (primary N) is 1. The van der Waals surface area contributed by atoms with Gasteiger partial charge in [-0.05, 0) is 126 Å². The molecule has 0 aliphatic carbocycles. The zero-order valence-corrected chi connectivity index (χ0v) is 35.2. The monoisotopic (exact) mass is 850 g/mol. The van der Waals surface area contributed by atoms with Crippen LogP contribution in [0, 0.1) is 23.3 Å². The van der Waals surface area contributed by atoms with Crippen molar-refractivity contribution in [1.29, 1.82) is 0 Å². The number of hydrogen-bond donors (Lipinski definition) is 2. The van der Waals surface area contributed by atoms with E-state index in [1.807, 2.05) is 60.7 Å². The Labute approximate surface area is 353 Å². The Morgan fingerprint density at radius 1 is 0.603 bits per heavy atom. The fraction of sp³-hybridized carbons (Fsp3) is 0.277. The van der Waals surface area contributed by atoms with E-state index in [0.29, 0.717) is 41.8 Å². The van der Waals surface area contributed by atoms with E-state index in [1.165, 1.54) is 58.1 Å². The Morgan fingerprint density at radius 3 is 1.40 bits per heavy atom. The van der Waals surface area contributed by atoms with Gasteiger partial charge in [0.05, 0.1) is 0 Å². The molecule has 0 bridgehead atoms. The Bertz CT molecular complexity index is 2250. The maximum atomic E-state index is 13.9. The van der Waals surface area contributed by atoms with Crippen LogP contribution in [0.25, 0.3) is 20.9 Å². The van der Waals surface area contributed by atoms with Gasteiger partial charge in [-0.3, -0.25) is 9.59 Å². The SMILES string of the molecule is C.CC(C)(C)c1ccc(C(=O)Cl)cc1.CC(C)(C)c1ccc(C(=O)NCCc2ccc(-c3ccc(F)cc3F)s2)cc1.NCCc1ccc(-c2ccc(F)cc2F)s1. The van der Waals surface area contributed by atoms with Crippen molar-refractivity contribution in [1.82, 2.24) is 5.32 Å². The van der Waals surface area contributed by atoms with Crippen molar-refractivity contribution in [3.8, 4) is 20.9 Å². The largest absolute Gasteiger partial charge is 0.352 e. The van der Waals surface area contributed by atoms with Gasteiger partial charge in [-0.1, -0.05) is 73.2 Å². The van der Waals surface area contributed by atoms with E-state index in [9.17, 15) is 27.2 Å². The molecule has 0 fully saturated rings. The predicted molar refractivity (Wildman–Crippen MR) is 235 cm³/mol. The Kier molecular flexibility index (Phi) is 17.6. The van der Waals surface area contributed by atoms with Crippen molar-refractivity contribution in [3.63, 3.8) is 0 Å². The van der Waals surface area contributed by atoms with Gasteiger partial charge in [0, 0.05) is 60.4 Å². The summed E-state index contributed by atoms with van der Waals surface area (Å²) in [5.74, 6) is -2.35. The highest BCUT2D eigenvalue weighted by molar-refractivity contribution is 7.15. The molecule has 0 radical (unpaired) electrons. The zero-order valence-electron chi connectivity index (χ0n) is 32.8. The van der Waals surface area contributed by atoms with Crippen molar-refractivity contribution in [3.05, 3.63) is 164 Å². The average Bonchev–Trinajstić information content (AvgIpc) is 3.82. The van der Waals surface area contributed by atoms with Crippen LogP contribution in [-0.4, -0.2) is 24.2 Å². The molecule has 4 nitrogen and oxygen atoms in total. The summed E-state index contributed by atoms with van der Waals surface area (Å²) in [6.07, 6.45) is 1.44. The number of rotatable bonds is 9. The first-order valence-corrected chi connectivity index (χ1v) is 20.3. The summed E-state index contributed by atoms with van der Waals surface area (Å²) >= 11 is 8.26. The highest BCUT2D eigenvalue weighted by Crippen LogP contribution is 2.32. The minimum atomic E-state index is -0.587. The van der Waals surface area contributed by atoms with Crippen molar-refractivity contribution in [2.45, 2.75) is 72.6 Å². The molecule has 0 aliphatic heterocycles. The van der Waals surface area contributed by atoms with Crippen molar-refractivity contribution in [2.75, 3.05) is 13.1 Å². The summed E-state index contributed by atoms with van der Waals surface area (Å²) in [4.78, 5) is 26.8. The standard InChI is InChI=1S/C23H23F2NOS.C12H11F2NS.C11H13ClO.CH4/c1-23(2,3)16-6-4-15(5-7-16)22(27)26-13-12-18-9-11-21(28-18)19-10-8-17(24)14-20(19)25;13-8-1-3-10(11(14)7-8)12-4-2-9(16-12)5-6-15;1-11(2,3)9-6-4-8(5-7-9)10(12)13;/h4-11,14H,12-13H2,1-3H3,(H,26,27);1-4,7H,5-6,15H2;4-7H,1-3H3;1H4. The van der Waals surface area contributed by atoms with E-state index in [2.05, 4.69) is 46.9 Å². The van der Waals surface area contributed by atoms with E-state index in [4.69, 9.17) is 17.3 Å². The van der Waals surface area contributed by atoms with E-state index in [0.717, 1.165) is 38.1 Å². The summed E-state index contributed by atoms with van der Waals surface area (Å²) in [7, 11) is 0. The first-order valence-electron chi connectivity index (χ1n) is 18.3. The zero-order chi connectivity index (χ0) is 41.9. The highest BCUT2D eigenvalue weighted by atomic mass is 35.5. The molecule has 6 rings (SSSR count). The van der Waals surface area contributed by atoms with E-state index in [1.54, 1.807) is 12.1 Å². The molecular formula is C47H51ClF4N2O2S2. The van der Waals surface area contributed by atoms with Crippen LogP contribution in [-0.2, 0) is 23.7 Å². The average molecular weight is 852 g/mol. The Balaban J connectivity index is 0.000000254. The lowest BCUT2D eigenvalue weighted by molar-refractivity contribution is 0.0953. The lowest BCUT2D eigenvalue weighted by Crippen LogP contribution is -2.25. The van der Waals surface area contributed by atoms with Gasteiger partial charge in [0.1, 0.15) is 23.3 Å². The van der Waals surface area contributed by atoms with Gasteiger partial charge in [-0.2, -0.15) is 0 Å². The second kappa shape index (κ2) is 21.4.